The minimum atomic E-state index is -5.08. The summed E-state index contributed by atoms with van der Waals surface area (Å²) in [6.45, 7) is 3.93. The van der Waals surface area contributed by atoms with Gasteiger partial charge in [0.15, 0.2) is 0 Å². The molecule has 0 saturated heterocycles. The lowest BCUT2D eigenvalue weighted by Gasteiger charge is -2.28. The molecule has 15 heteroatoms. The Hall–Kier alpha value is -3.46. The molecule has 3 aromatic rings. The summed E-state index contributed by atoms with van der Waals surface area (Å²) in [5.41, 5.74) is 3.83. The van der Waals surface area contributed by atoms with Crippen LogP contribution in [0.4, 0.5) is 26.3 Å². The first-order valence-corrected chi connectivity index (χ1v) is 10.5. The van der Waals surface area contributed by atoms with E-state index < -0.39 is 24.3 Å². The van der Waals surface area contributed by atoms with Gasteiger partial charge in [0.05, 0.1) is 18.4 Å². The Bertz CT molecular complexity index is 1080. The van der Waals surface area contributed by atoms with E-state index in [0.717, 1.165) is 32.0 Å². The molecule has 0 bridgehead atoms. The number of carboxylic acids is 2. The van der Waals surface area contributed by atoms with Crippen molar-refractivity contribution in [3.05, 3.63) is 58.9 Å². The fourth-order valence-corrected chi connectivity index (χ4v) is 3.48. The summed E-state index contributed by atoms with van der Waals surface area (Å²) >= 11 is 1.73. The average Bonchev–Trinajstić information content (AvgIpc) is 3.43. The number of hydrogen-bond donors (Lipinski definition) is 2. The summed E-state index contributed by atoms with van der Waals surface area (Å²) in [7, 11) is 0. The van der Waals surface area contributed by atoms with Gasteiger partial charge in [-0.25, -0.2) is 14.6 Å². The van der Waals surface area contributed by atoms with Crippen LogP contribution in [0.3, 0.4) is 0 Å². The highest BCUT2D eigenvalue weighted by Gasteiger charge is 2.38. The molecule has 0 fully saturated rings. The number of nitrogens with zero attached hydrogens (tertiary/aromatic N) is 4. The molecular weight excluding hydrogens is 506 g/mol. The SMILES string of the molecule is O=C(O)C(F)(F)F.O=C(O)C(F)(F)F.c1cc(CN2CCn3c(-c4ccsc4)cnc3C2)ccn1. The lowest BCUT2D eigenvalue weighted by Crippen LogP contribution is -2.33. The maximum absolute atomic E-state index is 10.6. The van der Waals surface area contributed by atoms with Gasteiger partial charge in [-0.2, -0.15) is 37.7 Å². The van der Waals surface area contributed by atoms with Crippen LogP contribution in [0.15, 0.2) is 47.5 Å². The molecule has 35 heavy (non-hydrogen) atoms. The topological polar surface area (TPSA) is 109 Å². The molecule has 0 spiro atoms. The van der Waals surface area contributed by atoms with E-state index in [4.69, 9.17) is 19.8 Å². The van der Waals surface area contributed by atoms with Crippen LogP contribution in [0.25, 0.3) is 11.3 Å². The Morgan fingerprint density at radius 3 is 2.03 bits per heavy atom. The van der Waals surface area contributed by atoms with E-state index in [1.165, 1.54) is 16.8 Å². The first-order valence-electron chi connectivity index (χ1n) is 9.57. The standard InChI is InChI=1S/C16H16N4S.2C2HF3O2/c1-4-17-5-2-13(1)10-19-6-7-20-15(9-18-16(20)11-19)14-3-8-21-12-14;2*3-2(4,5)1(6)7/h1-5,8-9,12H,6-7,10-11H2;2*(H,6,7). The third-order valence-corrected chi connectivity index (χ3v) is 5.08. The average molecular weight is 524 g/mol. The van der Waals surface area contributed by atoms with Crippen LogP contribution in [-0.2, 0) is 29.2 Å². The molecule has 1 aliphatic rings. The first-order chi connectivity index (χ1) is 16.3. The maximum atomic E-state index is 10.6. The van der Waals surface area contributed by atoms with Gasteiger partial charge in [0.1, 0.15) is 5.82 Å². The number of pyridine rings is 1. The first kappa shape index (κ1) is 27.8. The molecule has 4 rings (SSSR count). The van der Waals surface area contributed by atoms with Crippen molar-refractivity contribution >= 4 is 23.3 Å². The minimum Gasteiger partial charge on any atom is -0.475 e. The molecule has 0 amide bonds. The molecule has 0 radical (unpaired) electrons. The highest BCUT2D eigenvalue weighted by Crippen LogP contribution is 2.26. The molecule has 0 atom stereocenters. The van der Waals surface area contributed by atoms with Crippen LogP contribution in [0.2, 0.25) is 0 Å². The molecule has 190 valence electrons. The molecule has 0 aliphatic carbocycles. The van der Waals surface area contributed by atoms with E-state index >= 15 is 0 Å². The van der Waals surface area contributed by atoms with Gasteiger partial charge >= 0.3 is 24.3 Å². The number of alkyl halides is 6. The largest absolute Gasteiger partial charge is 0.490 e. The zero-order chi connectivity index (χ0) is 26.2. The van der Waals surface area contributed by atoms with E-state index in [2.05, 4.69) is 48.4 Å². The van der Waals surface area contributed by atoms with Gasteiger partial charge in [0.25, 0.3) is 0 Å². The second kappa shape index (κ2) is 11.8. The number of hydrogen-bond acceptors (Lipinski definition) is 6. The van der Waals surface area contributed by atoms with Gasteiger partial charge in [0, 0.05) is 43.0 Å². The molecule has 0 unspecified atom stereocenters. The summed E-state index contributed by atoms with van der Waals surface area (Å²) in [5.74, 6) is -4.35. The number of thiophene rings is 1. The zero-order valence-electron chi connectivity index (χ0n) is 17.6. The van der Waals surface area contributed by atoms with E-state index in [1.54, 1.807) is 11.3 Å². The summed E-state index contributed by atoms with van der Waals surface area (Å²) in [4.78, 5) is 28.9. The van der Waals surface area contributed by atoms with E-state index in [9.17, 15) is 26.3 Å². The van der Waals surface area contributed by atoms with Gasteiger partial charge in [0.2, 0.25) is 0 Å². The quantitative estimate of drug-likeness (QED) is 0.492. The molecule has 2 N–H and O–H groups in total. The van der Waals surface area contributed by atoms with Crippen LogP contribution >= 0.6 is 11.3 Å². The zero-order valence-corrected chi connectivity index (χ0v) is 18.4. The Kier molecular flexibility index (Phi) is 9.36. The van der Waals surface area contributed by atoms with E-state index in [1.807, 2.05) is 18.6 Å². The summed E-state index contributed by atoms with van der Waals surface area (Å²) in [5, 5.41) is 18.6. The third-order valence-electron chi connectivity index (χ3n) is 4.40. The van der Waals surface area contributed by atoms with Crippen molar-refractivity contribution < 1.29 is 46.1 Å². The molecule has 1 aliphatic heterocycles. The third kappa shape index (κ3) is 8.68. The second-order valence-corrected chi connectivity index (χ2v) is 7.68. The second-order valence-electron chi connectivity index (χ2n) is 6.90. The van der Waals surface area contributed by atoms with Crippen molar-refractivity contribution in [3.63, 3.8) is 0 Å². The molecular formula is C20H18F6N4O4S. The Morgan fingerprint density at radius 2 is 1.54 bits per heavy atom. The Balaban J connectivity index is 0.000000257. The van der Waals surface area contributed by atoms with Gasteiger partial charge in [-0.3, -0.25) is 9.88 Å². The highest BCUT2D eigenvalue weighted by atomic mass is 32.1. The molecule has 0 saturated carbocycles. The van der Waals surface area contributed by atoms with Crippen LogP contribution in [0.1, 0.15) is 11.4 Å². The fraction of sp³-hybridized carbons (Fsp3) is 0.300. The highest BCUT2D eigenvalue weighted by molar-refractivity contribution is 7.08. The summed E-state index contributed by atoms with van der Waals surface area (Å²) < 4.78 is 65.8. The lowest BCUT2D eigenvalue weighted by atomic mass is 10.2. The lowest BCUT2D eigenvalue weighted by molar-refractivity contribution is -0.193. The Morgan fingerprint density at radius 1 is 0.971 bits per heavy atom. The van der Waals surface area contributed by atoms with Gasteiger partial charge < -0.3 is 14.8 Å². The molecule has 4 heterocycles. The molecule has 3 aromatic heterocycles. The van der Waals surface area contributed by atoms with Crippen LogP contribution < -0.4 is 0 Å². The smallest absolute Gasteiger partial charge is 0.475 e. The van der Waals surface area contributed by atoms with Crippen LogP contribution in [-0.4, -0.2) is 60.5 Å². The van der Waals surface area contributed by atoms with Crippen molar-refractivity contribution in [2.75, 3.05) is 6.54 Å². The normalized spacial score (nSPS) is 13.5. The number of aliphatic carboxylic acids is 2. The number of halogens is 6. The Labute approximate surface area is 198 Å². The van der Waals surface area contributed by atoms with Crippen molar-refractivity contribution in [3.8, 4) is 11.3 Å². The van der Waals surface area contributed by atoms with Crippen molar-refractivity contribution in [1.82, 2.24) is 19.4 Å². The van der Waals surface area contributed by atoms with E-state index in [0.29, 0.717) is 0 Å². The van der Waals surface area contributed by atoms with Gasteiger partial charge in [-0.05, 0) is 29.1 Å². The molecule has 0 aromatic carbocycles. The molecule has 8 nitrogen and oxygen atoms in total. The van der Waals surface area contributed by atoms with Crippen molar-refractivity contribution in [2.24, 2.45) is 0 Å². The number of carboxylic acid groups (broad SMARTS) is 2. The van der Waals surface area contributed by atoms with Crippen molar-refractivity contribution in [1.29, 1.82) is 0 Å². The maximum Gasteiger partial charge on any atom is 0.490 e. The van der Waals surface area contributed by atoms with Crippen molar-refractivity contribution in [2.45, 2.75) is 32.0 Å². The number of imidazole rings is 1. The monoisotopic (exact) mass is 524 g/mol. The van der Waals surface area contributed by atoms with Gasteiger partial charge in [-0.15, -0.1) is 0 Å². The summed E-state index contributed by atoms with van der Waals surface area (Å²) in [6.07, 6.45) is -4.45. The van der Waals surface area contributed by atoms with Gasteiger partial charge in [-0.1, -0.05) is 0 Å². The number of rotatable bonds is 3. The van der Waals surface area contributed by atoms with Crippen LogP contribution in [0, 0.1) is 0 Å². The predicted molar refractivity (Wildman–Crippen MR) is 111 cm³/mol. The van der Waals surface area contributed by atoms with Crippen LogP contribution in [0.5, 0.6) is 0 Å². The number of fused-ring (bicyclic) bond motifs is 1. The summed E-state index contributed by atoms with van der Waals surface area (Å²) in [6, 6.07) is 6.33. The predicted octanol–water partition coefficient (Wildman–Crippen LogP) is 4.29. The minimum absolute atomic E-state index is 0.909. The van der Waals surface area contributed by atoms with E-state index in [-0.39, 0.29) is 0 Å². The number of carbonyl (C=O) groups is 2. The number of aromatic nitrogens is 3. The fourth-order valence-electron chi connectivity index (χ4n) is 2.83.